The average molecular weight is 523 g/mol. The van der Waals surface area contributed by atoms with Crippen molar-refractivity contribution in [3.05, 3.63) is 84.5 Å². The maximum atomic E-state index is 13.8. The molecule has 0 saturated carbocycles. The molecule has 1 unspecified atom stereocenters. The lowest BCUT2D eigenvalue weighted by Gasteiger charge is -2.25. The lowest BCUT2D eigenvalue weighted by atomic mass is 9.95. The summed E-state index contributed by atoms with van der Waals surface area (Å²) in [5.74, 6) is 0.0468. The van der Waals surface area contributed by atoms with Gasteiger partial charge in [0.2, 0.25) is 0 Å². The first kappa shape index (κ1) is 25.9. The number of hydrogen-bond acceptors (Lipinski definition) is 9. The molecule has 1 aliphatic heterocycles. The minimum absolute atomic E-state index is 0.221. The Morgan fingerprint density at radius 2 is 1.86 bits per heavy atom. The molecule has 0 N–H and O–H groups in total. The Morgan fingerprint density at radius 1 is 1.11 bits per heavy atom. The van der Waals surface area contributed by atoms with Crippen LogP contribution in [0.5, 0.6) is 17.2 Å². The van der Waals surface area contributed by atoms with Crippen LogP contribution >= 0.6 is 11.3 Å². The van der Waals surface area contributed by atoms with E-state index in [0.717, 1.165) is 5.56 Å². The zero-order chi connectivity index (χ0) is 26.7. The molecule has 192 valence electrons. The number of thiazole rings is 1. The molecule has 0 radical (unpaired) electrons. The zero-order valence-corrected chi connectivity index (χ0v) is 21.9. The Hall–Kier alpha value is -4.18. The van der Waals surface area contributed by atoms with Crippen LogP contribution in [0.3, 0.4) is 0 Å². The smallest absolute Gasteiger partial charge is 0.338 e. The van der Waals surface area contributed by atoms with E-state index in [4.69, 9.17) is 18.9 Å². The van der Waals surface area contributed by atoms with Gasteiger partial charge < -0.3 is 18.9 Å². The summed E-state index contributed by atoms with van der Waals surface area (Å²) < 4.78 is 23.3. The Labute approximate surface area is 216 Å². The van der Waals surface area contributed by atoms with Gasteiger partial charge in [-0.05, 0) is 43.7 Å². The molecule has 0 fully saturated rings. The van der Waals surface area contributed by atoms with Gasteiger partial charge in [0.25, 0.3) is 5.56 Å². The third kappa shape index (κ3) is 5.05. The second kappa shape index (κ2) is 10.8. The van der Waals surface area contributed by atoms with E-state index in [1.165, 1.54) is 37.0 Å². The van der Waals surface area contributed by atoms with Crippen LogP contribution in [0.25, 0.3) is 6.08 Å². The summed E-state index contributed by atoms with van der Waals surface area (Å²) in [7, 11) is 2.72. The number of allylic oxidation sites excluding steroid dienone is 1. The zero-order valence-electron chi connectivity index (χ0n) is 21.1. The number of ether oxygens (including phenoxy) is 4. The van der Waals surface area contributed by atoms with Crippen LogP contribution in [-0.2, 0) is 14.3 Å². The quantitative estimate of drug-likeness (QED) is 0.347. The molecule has 0 bridgehead atoms. The van der Waals surface area contributed by atoms with Crippen molar-refractivity contribution >= 4 is 29.4 Å². The van der Waals surface area contributed by atoms with Crippen LogP contribution < -0.4 is 29.1 Å². The maximum Gasteiger partial charge on any atom is 0.338 e. The van der Waals surface area contributed by atoms with E-state index in [2.05, 4.69) is 4.99 Å². The molecule has 10 heteroatoms. The van der Waals surface area contributed by atoms with Gasteiger partial charge in [-0.25, -0.2) is 9.79 Å². The van der Waals surface area contributed by atoms with Crippen molar-refractivity contribution in [2.45, 2.75) is 26.8 Å². The SMILES string of the molecule is CCOc1ccccc1C=c1sc2n(c1=O)C(c1ccc(OC(C)=O)c(OC)c1)C(C(=O)OC)=C(C)N=2. The van der Waals surface area contributed by atoms with E-state index in [1.807, 2.05) is 31.2 Å². The van der Waals surface area contributed by atoms with Gasteiger partial charge in [-0.2, -0.15) is 0 Å². The first-order chi connectivity index (χ1) is 17.8. The summed E-state index contributed by atoms with van der Waals surface area (Å²) in [6.07, 6.45) is 1.76. The van der Waals surface area contributed by atoms with Gasteiger partial charge >= 0.3 is 11.9 Å². The fourth-order valence-corrected chi connectivity index (χ4v) is 5.17. The standard InChI is InChI=1S/C27H26N2O7S/c1-6-35-19-10-8-7-9-17(19)14-22-25(31)29-24(23(26(32)34-5)15(2)28-27(29)37-22)18-11-12-20(36-16(3)30)21(13-18)33-4/h7-14,24H,6H2,1-5H3. The Balaban J connectivity index is 1.95. The summed E-state index contributed by atoms with van der Waals surface area (Å²) in [5, 5.41) is 0. The molecule has 2 heterocycles. The lowest BCUT2D eigenvalue weighted by molar-refractivity contribution is -0.136. The second-order valence-corrected chi connectivity index (χ2v) is 9.06. The number of nitrogens with zero attached hydrogens (tertiary/aromatic N) is 2. The van der Waals surface area contributed by atoms with Crippen molar-refractivity contribution in [3.8, 4) is 17.2 Å². The Morgan fingerprint density at radius 3 is 2.54 bits per heavy atom. The predicted octanol–water partition coefficient (Wildman–Crippen LogP) is 2.74. The van der Waals surface area contributed by atoms with Gasteiger partial charge in [0.05, 0.1) is 42.7 Å². The third-order valence-electron chi connectivity index (χ3n) is 5.69. The first-order valence-corrected chi connectivity index (χ1v) is 12.3. The van der Waals surface area contributed by atoms with E-state index in [-0.39, 0.29) is 22.6 Å². The van der Waals surface area contributed by atoms with Gasteiger partial charge in [-0.3, -0.25) is 14.2 Å². The van der Waals surface area contributed by atoms with Crippen LogP contribution in [0.1, 0.15) is 37.9 Å². The second-order valence-electron chi connectivity index (χ2n) is 8.05. The molecule has 2 aromatic carbocycles. The number of para-hydroxylation sites is 1. The van der Waals surface area contributed by atoms with Gasteiger partial charge in [-0.15, -0.1) is 0 Å². The lowest BCUT2D eigenvalue weighted by Crippen LogP contribution is -2.39. The Bertz CT molecular complexity index is 1580. The minimum atomic E-state index is -0.840. The first-order valence-electron chi connectivity index (χ1n) is 11.5. The molecular weight excluding hydrogens is 496 g/mol. The van der Waals surface area contributed by atoms with Gasteiger partial charge in [0.1, 0.15) is 5.75 Å². The number of methoxy groups -OCH3 is 2. The monoisotopic (exact) mass is 522 g/mol. The van der Waals surface area contributed by atoms with Crippen molar-refractivity contribution in [3.63, 3.8) is 0 Å². The molecule has 0 saturated heterocycles. The highest BCUT2D eigenvalue weighted by Gasteiger charge is 2.33. The molecule has 1 aliphatic rings. The van der Waals surface area contributed by atoms with Crippen LogP contribution in [0, 0.1) is 0 Å². The highest BCUT2D eigenvalue weighted by Crippen LogP contribution is 2.36. The van der Waals surface area contributed by atoms with Gasteiger partial charge in [0.15, 0.2) is 16.3 Å². The normalized spacial score (nSPS) is 15.1. The summed E-state index contributed by atoms with van der Waals surface area (Å²) in [6, 6.07) is 11.5. The molecule has 1 aromatic heterocycles. The number of aromatic nitrogens is 1. The minimum Gasteiger partial charge on any atom is -0.493 e. The molecule has 0 spiro atoms. The number of carbonyl (C=O) groups is 2. The molecule has 9 nitrogen and oxygen atoms in total. The molecule has 0 amide bonds. The fourth-order valence-electron chi connectivity index (χ4n) is 4.13. The van der Waals surface area contributed by atoms with E-state index in [9.17, 15) is 14.4 Å². The molecule has 4 rings (SSSR count). The van der Waals surface area contributed by atoms with Crippen molar-refractivity contribution in [1.29, 1.82) is 0 Å². The number of benzene rings is 2. The summed E-state index contributed by atoms with van der Waals surface area (Å²) in [6.45, 7) is 5.36. The molecule has 3 aromatic rings. The van der Waals surface area contributed by atoms with Crippen molar-refractivity contribution in [1.82, 2.24) is 4.57 Å². The number of carbonyl (C=O) groups excluding carboxylic acids is 2. The highest BCUT2D eigenvalue weighted by atomic mass is 32.1. The van der Waals surface area contributed by atoms with Gasteiger partial charge in [0, 0.05) is 12.5 Å². The van der Waals surface area contributed by atoms with Crippen molar-refractivity contribution < 1.29 is 28.5 Å². The van der Waals surface area contributed by atoms with Gasteiger partial charge in [-0.1, -0.05) is 35.6 Å². The number of rotatable bonds is 7. The molecule has 0 aliphatic carbocycles. The summed E-state index contributed by atoms with van der Waals surface area (Å²) >= 11 is 1.21. The number of fused-ring (bicyclic) bond motifs is 1. The van der Waals surface area contributed by atoms with Crippen LogP contribution in [-0.4, -0.2) is 37.3 Å². The van der Waals surface area contributed by atoms with E-state index in [0.29, 0.717) is 33.0 Å². The topological polar surface area (TPSA) is 105 Å². The average Bonchev–Trinajstić information content (AvgIpc) is 3.18. The third-order valence-corrected chi connectivity index (χ3v) is 6.67. The molecule has 37 heavy (non-hydrogen) atoms. The van der Waals surface area contributed by atoms with Crippen molar-refractivity contribution in [2.75, 3.05) is 20.8 Å². The molecular formula is C27H26N2O7S. The van der Waals surface area contributed by atoms with Crippen LogP contribution in [0.4, 0.5) is 0 Å². The van der Waals surface area contributed by atoms with E-state index >= 15 is 0 Å². The fraction of sp³-hybridized carbons (Fsp3) is 0.259. The van der Waals surface area contributed by atoms with Crippen LogP contribution in [0.2, 0.25) is 0 Å². The number of esters is 2. The van der Waals surface area contributed by atoms with Crippen molar-refractivity contribution in [2.24, 2.45) is 4.99 Å². The highest BCUT2D eigenvalue weighted by molar-refractivity contribution is 7.07. The Kier molecular flexibility index (Phi) is 7.58. The molecule has 1 atom stereocenters. The largest absolute Gasteiger partial charge is 0.493 e. The van der Waals surface area contributed by atoms with E-state index < -0.39 is 18.0 Å². The van der Waals surface area contributed by atoms with Crippen LogP contribution in [0.15, 0.2) is 63.5 Å². The van der Waals surface area contributed by atoms with E-state index in [1.54, 1.807) is 31.2 Å². The predicted molar refractivity (Wildman–Crippen MR) is 138 cm³/mol. The summed E-state index contributed by atoms with van der Waals surface area (Å²) in [5.41, 5.74) is 1.64. The summed E-state index contributed by atoms with van der Waals surface area (Å²) in [4.78, 5) is 43.2. The maximum absolute atomic E-state index is 13.8. The number of hydrogen-bond donors (Lipinski definition) is 0.